The standard InChI is InChI=1S/C10H22N2O2.C2H6/c1-13-8-2-9-14-10-7-12-5-3-11-4-6-12;1-2/h11H,2-10H2,1H3;1-2H3. The molecule has 98 valence electrons. The third-order valence-corrected chi connectivity index (χ3v) is 2.40. The van der Waals surface area contributed by atoms with Crippen LogP contribution in [0.1, 0.15) is 20.3 Å². The quantitative estimate of drug-likeness (QED) is 0.663. The van der Waals surface area contributed by atoms with Crippen LogP contribution in [0.4, 0.5) is 0 Å². The molecular formula is C12H28N2O2. The van der Waals surface area contributed by atoms with E-state index in [-0.39, 0.29) is 0 Å². The molecule has 1 rings (SSSR count). The largest absolute Gasteiger partial charge is 0.385 e. The maximum Gasteiger partial charge on any atom is 0.0593 e. The van der Waals surface area contributed by atoms with Crippen LogP contribution in [0.5, 0.6) is 0 Å². The molecule has 0 bridgehead atoms. The summed E-state index contributed by atoms with van der Waals surface area (Å²) in [6.07, 6.45) is 0.998. The number of nitrogens with zero attached hydrogens (tertiary/aromatic N) is 1. The number of hydrogen-bond acceptors (Lipinski definition) is 4. The number of hydrogen-bond donors (Lipinski definition) is 1. The normalized spacial score (nSPS) is 16.7. The maximum absolute atomic E-state index is 5.50. The van der Waals surface area contributed by atoms with Gasteiger partial charge in [0.25, 0.3) is 0 Å². The van der Waals surface area contributed by atoms with Gasteiger partial charge in [-0.3, -0.25) is 4.90 Å². The van der Waals surface area contributed by atoms with Gasteiger partial charge in [-0.25, -0.2) is 0 Å². The van der Waals surface area contributed by atoms with Gasteiger partial charge in [-0.15, -0.1) is 0 Å². The van der Waals surface area contributed by atoms with Crippen LogP contribution in [0.3, 0.4) is 0 Å². The van der Waals surface area contributed by atoms with Gasteiger partial charge in [0.15, 0.2) is 0 Å². The van der Waals surface area contributed by atoms with Crippen LogP contribution in [-0.4, -0.2) is 64.6 Å². The van der Waals surface area contributed by atoms with Crippen LogP contribution in [0.2, 0.25) is 0 Å². The number of methoxy groups -OCH3 is 1. The average molecular weight is 232 g/mol. The van der Waals surface area contributed by atoms with Crippen molar-refractivity contribution in [3.05, 3.63) is 0 Å². The molecule has 1 aliphatic heterocycles. The minimum atomic E-state index is 0.799. The number of rotatable bonds is 7. The molecular weight excluding hydrogens is 204 g/mol. The van der Waals surface area contributed by atoms with Crippen molar-refractivity contribution in [3.8, 4) is 0 Å². The Labute approximate surface area is 100 Å². The van der Waals surface area contributed by atoms with Gasteiger partial charge in [0.2, 0.25) is 0 Å². The highest BCUT2D eigenvalue weighted by molar-refractivity contribution is 4.66. The summed E-state index contributed by atoms with van der Waals surface area (Å²) < 4.78 is 10.4. The van der Waals surface area contributed by atoms with E-state index in [1.165, 1.54) is 0 Å². The van der Waals surface area contributed by atoms with Crippen molar-refractivity contribution >= 4 is 0 Å². The van der Waals surface area contributed by atoms with Gasteiger partial charge >= 0.3 is 0 Å². The van der Waals surface area contributed by atoms with Gasteiger partial charge in [-0.2, -0.15) is 0 Å². The lowest BCUT2D eigenvalue weighted by atomic mass is 10.3. The summed E-state index contributed by atoms with van der Waals surface area (Å²) in [6.45, 7) is 12.1. The Bertz CT molecular complexity index is 128. The van der Waals surface area contributed by atoms with Crippen LogP contribution < -0.4 is 5.32 Å². The van der Waals surface area contributed by atoms with Crippen LogP contribution in [0.25, 0.3) is 0 Å². The Morgan fingerprint density at radius 1 is 1.06 bits per heavy atom. The SMILES string of the molecule is CC.COCCCOCCN1CCNCC1. The van der Waals surface area contributed by atoms with E-state index in [4.69, 9.17) is 9.47 Å². The first-order valence-electron chi connectivity index (χ1n) is 6.43. The summed E-state index contributed by atoms with van der Waals surface area (Å²) in [4.78, 5) is 2.44. The zero-order valence-corrected chi connectivity index (χ0v) is 11.1. The smallest absolute Gasteiger partial charge is 0.0593 e. The molecule has 0 atom stereocenters. The van der Waals surface area contributed by atoms with E-state index in [1.54, 1.807) is 7.11 Å². The molecule has 0 aromatic carbocycles. The second-order valence-corrected chi connectivity index (χ2v) is 3.55. The molecule has 1 fully saturated rings. The molecule has 1 N–H and O–H groups in total. The van der Waals surface area contributed by atoms with Crippen molar-refractivity contribution in [1.29, 1.82) is 0 Å². The third kappa shape index (κ3) is 9.09. The van der Waals surface area contributed by atoms with Gasteiger partial charge in [-0.05, 0) is 6.42 Å². The molecule has 0 spiro atoms. The van der Waals surface area contributed by atoms with E-state index in [1.807, 2.05) is 13.8 Å². The fraction of sp³-hybridized carbons (Fsp3) is 1.00. The second-order valence-electron chi connectivity index (χ2n) is 3.55. The van der Waals surface area contributed by atoms with E-state index in [9.17, 15) is 0 Å². The van der Waals surface area contributed by atoms with E-state index in [2.05, 4.69) is 10.2 Å². The number of piperazine rings is 1. The van der Waals surface area contributed by atoms with Gasteiger partial charge in [0.1, 0.15) is 0 Å². The highest BCUT2D eigenvalue weighted by Crippen LogP contribution is 1.92. The second kappa shape index (κ2) is 12.9. The van der Waals surface area contributed by atoms with Crippen molar-refractivity contribution in [3.63, 3.8) is 0 Å². The lowest BCUT2D eigenvalue weighted by molar-refractivity contribution is 0.0808. The monoisotopic (exact) mass is 232 g/mol. The molecule has 1 saturated heterocycles. The Hall–Kier alpha value is -0.160. The minimum absolute atomic E-state index is 0.799. The molecule has 1 aliphatic rings. The summed E-state index contributed by atoms with van der Waals surface area (Å²) in [7, 11) is 1.72. The van der Waals surface area contributed by atoms with E-state index in [0.717, 1.165) is 59.0 Å². The zero-order valence-electron chi connectivity index (χ0n) is 11.1. The first-order valence-corrected chi connectivity index (χ1v) is 6.43. The zero-order chi connectivity index (χ0) is 12.1. The molecule has 0 radical (unpaired) electrons. The fourth-order valence-electron chi connectivity index (χ4n) is 1.54. The summed E-state index contributed by atoms with van der Waals surface area (Å²) in [6, 6.07) is 0. The van der Waals surface area contributed by atoms with Crippen molar-refractivity contribution in [1.82, 2.24) is 10.2 Å². The molecule has 16 heavy (non-hydrogen) atoms. The Kier molecular flexibility index (Phi) is 12.8. The maximum atomic E-state index is 5.50. The molecule has 4 nitrogen and oxygen atoms in total. The molecule has 0 aliphatic carbocycles. The average Bonchev–Trinajstić information content (AvgIpc) is 2.37. The van der Waals surface area contributed by atoms with Gasteiger partial charge < -0.3 is 14.8 Å². The first kappa shape index (κ1) is 15.8. The highest BCUT2D eigenvalue weighted by atomic mass is 16.5. The van der Waals surface area contributed by atoms with Gasteiger partial charge in [0.05, 0.1) is 6.61 Å². The van der Waals surface area contributed by atoms with Crippen LogP contribution in [-0.2, 0) is 9.47 Å². The first-order chi connectivity index (χ1) is 7.93. The molecule has 0 unspecified atom stereocenters. The molecule has 0 aromatic rings. The van der Waals surface area contributed by atoms with Crippen LogP contribution in [0.15, 0.2) is 0 Å². The summed E-state index contributed by atoms with van der Waals surface area (Å²) in [5.74, 6) is 0. The lowest BCUT2D eigenvalue weighted by Gasteiger charge is -2.26. The fourth-order valence-corrected chi connectivity index (χ4v) is 1.54. The number of nitrogens with one attached hydrogen (secondary N) is 1. The molecule has 1 heterocycles. The van der Waals surface area contributed by atoms with Crippen LogP contribution >= 0.6 is 0 Å². The Balaban J connectivity index is 0.00000106. The molecule has 4 heteroatoms. The van der Waals surface area contributed by atoms with Crippen molar-refractivity contribution < 1.29 is 9.47 Å². The topological polar surface area (TPSA) is 33.7 Å². The number of ether oxygens (including phenoxy) is 2. The molecule has 0 aromatic heterocycles. The minimum Gasteiger partial charge on any atom is -0.385 e. The van der Waals surface area contributed by atoms with Gasteiger partial charge in [0, 0.05) is 53.0 Å². The third-order valence-electron chi connectivity index (χ3n) is 2.40. The van der Waals surface area contributed by atoms with Crippen LogP contribution in [0, 0.1) is 0 Å². The van der Waals surface area contributed by atoms with Crippen molar-refractivity contribution in [2.24, 2.45) is 0 Å². The molecule has 0 saturated carbocycles. The van der Waals surface area contributed by atoms with E-state index in [0.29, 0.717) is 0 Å². The van der Waals surface area contributed by atoms with E-state index >= 15 is 0 Å². The lowest BCUT2D eigenvalue weighted by Crippen LogP contribution is -2.44. The summed E-state index contributed by atoms with van der Waals surface area (Å²) in [5, 5.41) is 3.33. The highest BCUT2D eigenvalue weighted by Gasteiger charge is 2.07. The summed E-state index contributed by atoms with van der Waals surface area (Å²) >= 11 is 0. The van der Waals surface area contributed by atoms with Crippen molar-refractivity contribution in [2.75, 3.05) is 59.7 Å². The predicted octanol–water partition coefficient (Wildman–Crippen LogP) is 0.971. The molecule has 0 amide bonds. The Morgan fingerprint density at radius 3 is 2.38 bits per heavy atom. The Morgan fingerprint density at radius 2 is 1.75 bits per heavy atom. The predicted molar refractivity (Wildman–Crippen MR) is 68.0 cm³/mol. The summed E-state index contributed by atoms with van der Waals surface area (Å²) in [5.41, 5.74) is 0. The van der Waals surface area contributed by atoms with Gasteiger partial charge in [-0.1, -0.05) is 13.8 Å². The van der Waals surface area contributed by atoms with Crippen molar-refractivity contribution in [2.45, 2.75) is 20.3 Å². The van der Waals surface area contributed by atoms with E-state index < -0.39 is 0 Å².